The zero-order valence-electron chi connectivity index (χ0n) is 11.0. The van der Waals surface area contributed by atoms with E-state index >= 15 is 0 Å². The maximum Gasteiger partial charge on any atom is 0.221 e. The molecule has 1 aromatic carbocycles. The van der Waals surface area contributed by atoms with E-state index < -0.39 is 0 Å². The number of hydrogen-bond donors (Lipinski definition) is 2. The Hall–Kier alpha value is -1.36. The number of nitrogen functional groups attached to an aromatic ring is 1. The second-order valence-electron chi connectivity index (χ2n) is 4.23. The number of nitrogens with two attached hydrogens (primary N) is 1. The van der Waals surface area contributed by atoms with Crippen molar-refractivity contribution in [2.45, 2.75) is 31.2 Å². The molecular weight excluding hydrogens is 248 g/mol. The summed E-state index contributed by atoms with van der Waals surface area (Å²) in [6, 6.07) is 5.72. The highest BCUT2D eigenvalue weighted by atomic mass is 32.2. The van der Waals surface area contributed by atoms with Crippen LogP contribution in [0.15, 0.2) is 23.1 Å². The smallest absolute Gasteiger partial charge is 0.221 e. The Balaban J connectivity index is 2.46. The van der Waals surface area contributed by atoms with Crippen LogP contribution in [0.4, 0.5) is 5.69 Å². The number of benzene rings is 1. The molecule has 0 aliphatic rings. The van der Waals surface area contributed by atoms with Gasteiger partial charge in [-0.05, 0) is 26.0 Å². The molecule has 0 saturated heterocycles. The van der Waals surface area contributed by atoms with Crippen molar-refractivity contribution in [3.05, 3.63) is 18.2 Å². The second-order valence-corrected chi connectivity index (χ2v) is 5.37. The molecule has 0 fully saturated rings. The molecule has 0 aliphatic carbocycles. The molecule has 100 valence electrons. The maximum atomic E-state index is 11.5. The second kappa shape index (κ2) is 7.16. The van der Waals surface area contributed by atoms with Gasteiger partial charge in [0, 0.05) is 34.9 Å². The Bertz CT molecular complexity index is 408. The number of anilines is 1. The number of methoxy groups -OCH3 is 1. The van der Waals surface area contributed by atoms with Gasteiger partial charge in [-0.15, -0.1) is 11.8 Å². The van der Waals surface area contributed by atoms with E-state index in [4.69, 9.17) is 10.5 Å². The molecule has 0 aliphatic heterocycles. The molecule has 1 rings (SSSR count). The van der Waals surface area contributed by atoms with Gasteiger partial charge in [0.2, 0.25) is 5.91 Å². The summed E-state index contributed by atoms with van der Waals surface area (Å²) >= 11 is 1.59. The Morgan fingerprint density at radius 1 is 1.50 bits per heavy atom. The van der Waals surface area contributed by atoms with Gasteiger partial charge in [-0.1, -0.05) is 0 Å². The van der Waals surface area contributed by atoms with E-state index in [2.05, 4.69) is 5.32 Å². The molecule has 0 aromatic heterocycles. The number of carbonyl (C=O) groups is 1. The standard InChI is InChI=1S/C13H20N2O2S/c1-9(2)15-13(16)6-7-18-12-5-4-10(14)8-11(12)17-3/h4-5,8-9H,6-7,14H2,1-3H3,(H,15,16). The van der Waals surface area contributed by atoms with E-state index in [9.17, 15) is 4.79 Å². The fourth-order valence-electron chi connectivity index (χ4n) is 1.45. The van der Waals surface area contributed by atoms with Crippen LogP contribution in [-0.2, 0) is 4.79 Å². The average molecular weight is 268 g/mol. The van der Waals surface area contributed by atoms with E-state index in [0.29, 0.717) is 12.1 Å². The summed E-state index contributed by atoms with van der Waals surface area (Å²) in [5.41, 5.74) is 6.36. The summed E-state index contributed by atoms with van der Waals surface area (Å²) in [6.07, 6.45) is 0.496. The molecule has 0 bridgehead atoms. The number of rotatable bonds is 6. The predicted octanol–water partition coefficient (Wildman–Crippen LogP) is 2.28. The van der Waals surface area contributed by atoms with Gasteiger partial charge in [0.15, 0.2) is 0 Å². The van der Waals surface area contributed by atoms with E-state index in [1.807, 2.05) is 26.0 Å². The molecule has 18 heavy (non-hydrogen) atoms. The van der Waals surface area contributed by atoms with Crippen molar-refractivity contribution in [3.63, 3.8) is 0 Å². The SMILES string of the molecule is COc1cc(N)ccc1SCCC(=O)NC(C)C. The summed E-state index contributed by atoms with van der Waals surface area (Å²) in [5.74, 6) is 1.55. The zero-order valence-corrected chi connectivity index (χ0v) is 11.8. The fraction of sp³-hybridized carbons (Fsp3) is 0.462. The molecule has 4 nitrogen and oxygen atoms in total. The zero-order chi connectivity index (χ0) is 13.5. The first-order valence-corrected chi connectivity index (χ1v) is 6.87. The monoisotopic (exact) mass is 268 g/mol. The summed E-state index contributed by atoms with van der Waals surface area (Å²) in [4.78, 5) is 12.5. The lowest BCUT2D eigenvalue weighted by atomic mass is 10.3. The normalized spacial score (nSPS) is 10.4. The fourth-order valence-corrected chi connectivity index (χ4v) is 2.41. The van der Waals surface area contributed by atoms with Crippen molar-refractivity contribution in [3.8, 4) is 5.75 Å². The van der Waals surface area contributed by atoms with Crippen LogP contribution in [0.5, 0.6) is 5.75 Å². The predicted molar refractivity (Wildman–Crippen MR) is 76.0 cm³/mol. The molecule has 1 amide bonds. The van der Waals surface area contributed by atoms with Crippen LogP contribution >= 0.6 is 11.8 Å². The molecular formula is C13H20N2O2S. The van der Waals surface area contributed by atoms with E-state index in [1.165, 1.54) is 0 Å². The van der Waals surface area contributed by atoms with Gasteiger partial charge in [0.1, 0.15) is 5.75 Å². The van der Waals surface area contributed by atoms with Crippen LogP contribution in [0, 0.1) is 0 Å². The van der Waals surface area contributed by atoms with Crippen molar-refractivity contribution < 1.29 is 9.53 Å². The van der Waals surface area contributed by atoms with Crippen LogP contribution in [0.1, 0.15) is 20.3 Å². The van der Waals surface area contributed by atoms with Crippen LogP contribution in [-0.4, -0.2) is 24.8 Å². The largest absolute Gasteiger partial charge is 0.496 e. The number of thioether (sulfide) groups is 1. The minimum absolute atomic E-state index is 0.0758. The van der Waals surface area contributed by atoms with Gasteiger partial charge in [-0.3, -0.25) is 4.79 Å². The highest BCUT2D eigenvalue weighted by Crippen LogP contribution is 2.31. The third-order valence-electron chi connectivity index (χ3n) is 2.22. The Morgan fingerprint density at radius 3 is 2.83 bits per heavy atom. The minimum Gasteiger partial charge on any atom is -0.496 e. The van der Waals surface area contributed by atoms with E-state index in [-0.39, 0.29) is 11.9 Å². The van der Waals surface area contributed by atoms with Gasteiger partial charge in [-0.2, -0.15) is 0 Å². The van der Waals surface area contributed by atoms with Crippen LogP contribution in [0.2, 0.25) is 0 Å². The molecule has 5 heteroatoms. The Labute approximate surface area is 112 Å². The van der Waals surface area contributed by atoms with Gasteiger partial charge < -0.3 is 15.8 Å². The molecule has 0 spiro atoms. The summed E-state index contributed by atoms with van der Waals surface area (Å²) in [6.45, 7) is 3.90. The molecule has 0 atom stereocenters. The molecule has 0 saturated carbocycles. The summed E-state index contributed by atoms with van der Waals surface area (Å²) < 4.78 is 5.25. The molecule has 3 N–H and O–H groups in total. The number of hydrogen-bond acceptors (Lipinski definition) is 4. The van der Waals surface area contributed by atoms with Crippen LogP contribution in [0.3, 0.4) is 0 Å². The summed E-state index contributed by atoms with van der Waals surface area (Å²) in [5, 5.41) is 2.86. The first-order chi connectivity index (χ1) is 8.52. The van der Waals surface area contributed by atoms with Gasteiger partial charge >= 0.3 is 0 Å². The highest BCUT2D eigenvalue weighted by molar-refractivity contribution is 7.99. The van der Waals surface area contributed by atoms with E-state index in [1.54, 1.807) is 24.9 Å². The Kier molecular flexibility index (Phi) is 5.85. The average Bonchev–Trinajstić information content (AvgIpc) is 2.30. The molecule has 0 radical (unpaired) electrons. The first kappa shape index (κ1) is 14.7. The van der Waals surface area contributed by atoms with Crippen molar-refractivity contribution in [1.29, 1.82) is 0 Å². The summed E-state index contributed by atoms with van der Waals surface area (Å²) in [7, 11) is 1.62. The number of nitrogens with one attached hydrogen (secondary N) is 1. The highest BCUT2D eigenvalue weighted by Gasteiger charge is 2.07. The first-order valence-electron chi connectivity index (χ1n) is 5.88. The van der Waals surface area contributed by atoms with Crippen molar-refractivity contribution >= 4 is 23.4 Å². The third kappa shape index (κ3) is 4.87. The quantitative estimate of drug-likeness (QED) is 0.613. The molecule has 0 heterocycles. The van der Waals surface area contributed by atoms with E-state index in [0.717, 1.165) is 16.4 Å². The van der Waals surface area contributed by atoms with Crippen molar-refractivity contribution in [2.75, 3.05) is 18.6 Å². The third-order valence-corrected chi connectivity index (χ3v) is 3.28. The van der Waals surface area contributed by atoms with Crippen molar-refractivity contribution in [1.82, 2.24) is 5.32 Å². The minimum atomic E-state index is 0.0758. The lowest BCUT2D eigenvalue weighted by Gasteiger charge is -2.10. The Morgan fingerprint density at radius 2 is 2.22 bits per heavy atom. The van der Waals surface area contributed by atoms with Crippen LogP contribution in [0.25, 0.3) is 0 Å². The lowest BCUT2D eigenvalue weighted by molar-refractivity contribution is -0.121. The number of ether oxygens (including phenoxy) is 1. The number of carbonyl (C=O) groups excluding carboxylic acids is 1. The van der Waals surface area contributed by atoms with Gasteiger partial charge in [0.25, 0.3) is 0 Å². The van der Waals surface area contributed by atoms with Crippen molar-refractivity contribution in [2.24, 2.45) is 0 Å². The molecule has 0 unspecified atom stereocenters. The van der Waals surface area contributed by atoms with Gasteiger partial charge in [-0.25, -0.2) is 0 Å². The lowest BCUT2D eigenvalue weighted by Crippen LogP contribution is -2.30. The maximum absolute atomic E-state index is 11.5. The molecule has 1 aromatic rings. The van der Waals surface area contributed by atoms with Gasteiger partial charge in [0.05, 0.1) is 7.11 Å². The number of amides is 1. The topological polar surface area (TPSA) is 64.3 Å². The van der Waals surface area contributed by atoms with Crippen LogP contribution < -0.4 is 15.8 Å².